The van der Waals surface area contributed by atoms with Gasteiger partial charge < -0.3 is 9.84 Å². The van der Waals surface area contributed by atoms with Gasteiger partial charge in [0.05, 0.1) is 18.2 Å². The van der Waals surface area contributed by atoms with Gasteiger partial charge in [-0.2, -0.15) is 10.4 Å². The standard InChI is InChI=1S/C27H25N3O3/c1-17-5-4-6-20(11-17)25-12-19(3)26(13-18(25)2)33-24-9-7-22(8-10-24)30-23(15-27(31)32)14-21(16-28)29-30/h4-13,23H,14-15H2,1-3H3,(H,31,32). The molecule has 0 bridgehead atoms. The summed E-state index contributed by atoms with van der Waals surface area (Å²) in [5.74, 6) is 0.536. The van der Waals surface area contributed by atoms with E-state index in [-0.39, 0.29) is 12.5 Å². The van der Waals surface area contributed by atoms with E-state index in [2.05, 4.69) is 49.3 Å². The Morgan fingerprint density at radius 3 is 2.55 bits per heavy atom. The number of rotatable bonds is 6. The maximum absolute atomic E-state index is 11.2. The average Bonchev–Trinajstić information content (AvgIpc) is 3.18. The molecule has 1 aliphatic rings. The van der Waals surface area contributed by atoms with Gasteiger partial charge in [0.25, 0.3) is 0 Å². The van der Waals surface area contributed by atoms with Gasteiger partial charge in [-0.3, -0.25) is 9.80 Å². The molecule has 1 unspecified atom stereocenters. The molecule has 0 amide bonds. The first-order valence-electron chi connectivity index (χ1n) is 10.8. The topological polar surface area (TPSA) is 85.9 Å². The van der Waals surface area contributed by atoms with Crippen LogP contribution in [0.25, 0.3) is 11.1 Å². The minimum Gasteiger partial charge on any atom is -0.481 e. The summed E-state index contributed by atoms with van der Waals surface area (Å²) in [6.45, 7) is 6.19. The second kappa shape index (κ2) is 9.17. The predicted octanol–water partition coefficient (Wildman–Crippen LogP) is 6.00. The summed E-state index contributed by atoms with van der Waals surface area (Å²) in [7, 11) is 0. The lowest BCUT2D eigenvalue weighted by Crippen LogP contribution is -2.28. The zero-order valence-corrected chi connectivity index (χ0v) is 18.9. The SMILES string of the molecule is Cc1cccc(-c2cc(C)c(Oc3ccc(N4N=C(C#N)CC4CC(=O)O)cc3)cc2C)c1. The lowest BCUT2D eigenvalue weighted by Gasteiger charge is -2.22. The fraction of sp³-hybridized carbons (Fsp3) is 0.222. The fourth-order valence-corrected chi connectivity index (χ4v) is 4.08. The summed E-state index contributed by atoms with van der Waals surface area (Å²) in [5, 5.41) is 24.2. The van der Waals surface area contributed by atoms with E-state index < -0.39 is 5.97 Å². The Kier molecular flexibility index (Phi) is 6.14. The second-order valence-corrected chi connectivity index (χ2v) is 8.36. The van der Waals surface area contributed by atoms with Crippen LogP contribution >= 0.6 is 0 Å². The van der Waals surface area contributed by atoms with Crippen LogP contribution in [0.3, 0.4) is 0 Å². The molecular weight excluding hydrogens is 414 g/mol. The van der Waals surface area contributed by atoms with Gasteiger partial charge in [0.2, 0.25) is 0 Å². The van der Waals surface area contributed by atoms with E-state index in [0.29, 0.717) is 17.9 Å². The van der Waals surface area contributed by atoms with Gasteiger partial charge in [0.15, 0.2) is 0 Å². The van der Waals surface area contributed by atoms with Crippen LogP contribution in [0.5, 0.6) is 11.5 Å². The Morgan fingerprint density at radius 2 is 1.88 bits per heavy atom. The first kappa shape index (κ1) is 22.1. The van der Waals surface area contributed by atoms with Crippen LogP contribution in [-0.2, 0) is 4.79 Å². The normalized spacial score (nSPS) is 15.2. The van der Waals surface area contributed by atoms with E-state index >= 15 is 0 Å². The highest BCUT2D eigenvalue weighted by molar-refractivity contribution is 6.01. The first-order valence-corrected chi connectivity index (χ1v) is 10.8. The molecule has 4 rings (SSSR count). The number of nitrogens with zero attached hydrogens (tertiary/aromatic N) is 3. The highest BCUT2D eigenvalue weighted by Crippen LogP contribution is 2.34. The van der Waals surface area contributed by atoms with Crippen molar-refractivity contribution in [1.29, 1.82) is 5.26 Å². The van der Waals surface area contributed by atoms with Gasteiger partial charge in [-0.15, -0.1) is 0 Å². The van der Waals surface area contributed by atoms with Gasteiger partial charge in [0.1, 0.15) is 23.3 Å². The second-order valence-electron chi connectivity index (χ2n) is 8.36. The number of benzene rings is 3. The lowest BCUT2D eigenvalue weighted by atomic mass is 9.97. The molecule has 0 spiro atoms. The number of carbonyl (C=O) groups is 1. The molecule has 0 fully saturated rings. The molecule has 166 valence electrons. The number of hydrazone groups is 1. The van der Waals surface area contributed by atoms with Crippen molar-refractivity contribution in [2.45, 2.75) is 39.7 Å². The van der Waals surface area contributed by atoms with Crippen LogP contribution < -0.4 is 9.75 Å². The molecule has 1 N–H and O–H groups in total. The predicted molar refractivity (Wildman–Crippen MR) is 129 cm³/mol. The number of hydrogen-bond donors (Lipinski definition) is 1. The molecule has 0 saturated carbocycles. The van der Waals surface area contributed by atoms with Crippen LogP contribution in [0.2, 0.25) is 0 Å². The largest absolute Gasteiger partial charge is 0.481 e. The van der Waals surface area contributed by atoms with E-state index in [0.717, 1.165) is 22.6 Å². The summed E-state index contributed by atoms with van der Waals surface area (Å²) in [5.41, 5.74) is 6.81. The van der Waals surface area contributed by atoms with Crippen molar-refractivity contribution in [2.24, 2.45) is 5.10 Å². The number of aryl methyl sites for hydroxylation is 3. The first-order chi connectivity index (χ1) is 15.8. The van der Waals surface area contributed by atoms with Crippen LogP contribution in [0.15, 0.2) is 65.8 Å². The molecule has 0 aromatic heterocycles. The number of anilines is 1. The van der Waals surface area contributed by atoms with Crippen molar-refractivity contribution in [2.75, 3.05) is 5.01 Å². The van der Waals surface area contributed by atoms with Gasteiger partial charge in [-0.25, -0.2) is 0 Å². The monoisotopic (exact) mass is 439 g/mol. The average molecular weight is 440 g/mol. The molecule has 1 aliphatic heterocycles. The number of aliphatic carboxylic acids is 1. The number of carboxylic acid groups (broad SMARTS) is 1. The summed E-state index contributed by atoms with van der Waals surface area (Å²) in [6, 6.07) is 21.6. The Morgan fingerprint density at radius 1 is 1.12 bits per heavy atom. The van der Waals surface area contributed by atoms with Gasteiger partial charge >= 0.3 is 5.97 Å². The maximum atomic E-state index is 11.2. The number of carboxylic acids is 1. The Hall–Kier alpha value is -4.11. The summed E-state index contributed by atoms with van der Waals surface area (Å²) in [6.07, 6.45) is 0.242. The summed E-state index contributed by atoms with van der Waals surface area (Å²) in [4.78, 5) is 11.2. The fourth-order valence-electron chi connectivity index (χ4n) is 4.08. The minimum atomic E-state index is -0.917. The molecular formula is C27H25N3O3. The zero-order valence-electron chi connectivity index (χ0n) is 18.9. The van der Waals surface area contributed by atoms with Crippen molar-refractivity contribution in [3.05, 3.63) is 77.4 Å². The van der Waals surface area contributed by atoms with Crippen molar-refractivity contribution < 1.29 is 14.6 Å². The molecule has 0 radical (unpaired) electrons. The smallest absolute Gasteiger partial charge is 0.305 e. The van der Waals surface area contributed by atoms with E-state index in [1.165, 1.54) is 16.7 Å². The molecule has 6 nitrogen and oxygen atoms in total. The van der Waals surface area contributed by atoms with Crippen LogP contribution in [0.4, 0.5) is 5.69 Å². The molecule has 3 aromatic carbocycles. The number of nitriles is 1. The van der Waals surface area contributed by atoms with Crippen LogP contribution in [-0.4, -0.2) is 22.8 Å². The molecule has 1 heterocycles. The summed E-state index contributed by atoms with van der Waals surface area (Å²) >= 11 is 0. The van der Waals surface area contributed by atoms with E-state index in [1.807, 2.05) is 43.3 Å². The molecule has 6 heteroatoms. The highest BCUT2D eigenvalue weighted by Gasteiger charge is 2.29. The van der Waals surface area contributed by atoms with Crippen molar-refractivity contribution in [3.63, 3.8) is 0 Å². The molecule has 3 aromatic rings. The molecule has 33 heavy (non-hydrogen) atoms. The Bertz CT molecular complexity index is 1270. The quantitative estimate of drug-likeness (QED) is 0.509. The molecule has 1 atom stereocenters. The van der Waals surface area contributed by atoms with Crippen LogP contribution in [0, 0.1) is 32.1 Å². The van der Waals surface area contributed by atoms with Crippen LogP contribution in [0.1, 0.15) is 29.5 Å². The third-order valence-corrected chi connectivity index (χ3v) is 5.72. The van der Waals surface area contributed by atoms with Crippen molar-refractivity contribution in [1.82, 2.24) is 0 Å². The van der Waals surface area contributed by atoms with Crippen molar-refractivity contribution in [3.8, 4) is 28.7 Å². The van der Waals surface area contributed by atoms with E-state index in [9.17, 15) is 15.2 Å². The van der Waals surface area contributed by atoms with Gasteiger partial charge in [0, 0.05) is 6.42 Å². The minimum absolute atomic E-state index is 0.0846. The molecule has 0 saturated heterocycles. The third-order valence-electron chi connectivity index (χ3n) is 5.72. The number of hydrogen-bond acceptors (Lipinski definition) is 5. The van der Waals surface area contributed by atoms with E-state index in [4.69, 9.17) is 4.74 Å². The highest BCUT2D eigenvalue weighted by atomic mass is 16.5. The Balaban J connectivity index is 1.55. The van der Waals surface area contributed by atoms with E-state index in [1.54, 1.807) is 5.01 Å². The molecule has 0 aliphatic carbocycles. The maximum Gasteiger partial charge on any atom is 0.305 e. The lowest BCUT2D eigenvalue weighted by molar-refractivity contribution is -0.137. The third kappa shape index (κ3) is 4.88. The van der Waals surface area contributed by atoms with Gasteiger partial charge in [-0.1, -0.05) is 29.8 Å². The zero-order chi connectivity index (χ0) is 23.5. The van der Waals surface area contributed by atoms with Gasteiger partial charge in [-0.05, 0) is 79.4 Å². The van der Waals surface area contributed by atoms with Crippen molar-refractivity contribution >= 4 is 17.4 Å². The Labute approximate surface area is 193 Å². The number of ether oxygens (including phenoxy) is 1. The summed E-state index contributed by atoms with van der Waals surface area (Å²) < 4.78 is 6.16.